The molecule has 0 saturated carbocycles. The van der Waals surface area contributed by atoms with Crippen molar-refractivity contribution in [3.8, 4) is 0 Å². The first-order valence-corrected chi connectivity index (χ1v) is 5.59. The van der Waals surface area contributed by atoms with Crippen LogP contribution in [0.3, 0.4) is 0 Å². The fourth-order valence-corrected chi connectivity index (χ4v) is 2.66. The Morgan fingerprint density at radius 1 is 1.27 bits per heavy atom. The van der Waals surface area contributed by atoms with Crippen LogP contribution in [0.25, 0.3) is 0 Å². The van der Waals surface area contributed by atoms with Crippen molar-refractivity contribution in [1.82, 2.24) is 0 Å². The molecule has 1 atom stereocenters. The minimum atomic E-state index is 0.0737. The summed E-state index contributed by atoms with van der Waals surface area (Å²) in [5, 5.41) is 9.94. The molecule has 0 N–H and O–H groups in total. The van der Waals surface area contributed by atoms with Gasteiger partial charge in [0.25, 0.3) is 0 Å². The van der Waals surface area contributed by atoms with E-state index in [1.54, 1.807) is 18.0 Å². The highest BCUT2D eigenvalue weighted by molar-refractivity contribution is 8.27. The number of aliphatic imine (C=N–C) groups is 1. The molecular weight excluding hydrogens is 206 g/mol. The number of hydrogen-bond acceptors (Lipinski definition) is 4. The van der Waals surface area contributed by atoms with Gasteiger partial charge in [0.15, 0.2) is 0 Å². The van der Waals surface area contributed by atoms with Crippen molar-refractivity contribution in [1.29, 1.82) is 0 Å². The van der Waals surface area contributed by atoms with Gasteiger partial charge in [-0.15, -0.1) is 5.10 Å². The number of fused-ring (bicyclic) bond motifs is 1. The van der Waals surface area contributed by atoms with E-state index in [2.05, 4.69) is 34.3 Å². The van der Waals surface area contributed by atoms with Crippen LogP contribution in [0, 0.1) is 6.92 Å². The Bertz CT molecular complexity index is 502. The summed E-state index contributed by atoms with van der Waals surface area (Å²) in [5.74, 6) is 0. The van der Waals surface area contributed by atoms with Crippen LogP contribution in [-0.2, 0) is 0 Å². The number of aryl methyl sites for hydroxylation is 1. The third kappa shape index (κ3) is 1.41. The van der Waals surface area contributed by atoms with E-state index in [1.165, 1.54) is 11.1 Å². The van der Waals surface area contributed by atoms with Gasteiger partial charge in [0.1, 0.15) is 16.1 Å². The molecule has 0 radical (unpaired) electrons. The molecule has 2 heterocycles. The van der Waals surface area contributed by atoms with E-state index in [0.29, 0.717) is 0 Å². The average Bonchev–Trinajstić information content (AvgIpc) is 2.77. The van der Waals surface area contributed by atoms with Crippen molar-refractivity contribution in [3.63, 3.8) is 0 Å². The van der Waals surface area contributed by atoms with Crippen molar-refractivity contribution in [2.24, 2.45) is 15.2 Å². The normalized spacial score (nSPS) is 22.6. The average molecular weight is 215 g/mol. The molecule has 1 aromatic rings. The monoisotopic (exact) mass is 215 g/mol. The van der Waals surface area contributed by atoms with Crippen LogP contribution in [0.5, 0.6) is 0 Å². The van der Waals surface area contributed by atoms with Crippen LogP contribution in [-0.4, -0.2) is 22.3 Å². The van der Waals surface area contributed by atoms with E-state index >= 15 is 0 Å². The molecule has 4 heteroatoms. The maximum atomic E-state index is 4.58. The second-order valence-electron chi connectivity index (χ2n) is 3.50. The van der Waals surface area contributed by atoms with Gasteiger partial charge in [-0.3, -0.25) is 4.99 Å². The van der Waals surface area contributed by atoms with Crippen molar-refractivity contribution in [2.75, 3.05) is 0 Å². The van der Waals surface area contributed by atoms with Gasteiger partial charge in [0, 0.05) is 5.56 Å². The molecule has 3 rings (SSSR count). The molecule has 0 unspecified atom stereocenters. The molecule has 3 nitrogen and oxygen atoms in total. The van der Waals surface area contributed by atoms with Crippen LogP contribution >= 0.6 is 11.8 Å². The maximum absolute atomic E-state index is 4.58. The van der Waals surface area contributed by atoms with Gasteiger partial charge >= 0.3 is 0 Å². The Labute approximate surface area is 92.0 Å². The topological polar surface area (TPSA) is 37.1 Å². The van der Waals surface area contributed by atoms with Crippen molar-refractivity contribution >= 4 is 28.1 Å². The van der Waals surface area contributed by atoms with Gasteiger partial charge in [-0.05, 0) is 24.2 Å². The van der Waals surface area contributed by atoms with E-state index in [1.807, 2.05) is 12.1 Å². The second kappa shape index (κ2) is 3.31. The molecule has 0 aromatic heterocycles. The van der Waals surface area contributed by atoms with E-state index < -0.39 is 0 Å². The zero-order valence-electron chi connectivity index (χ0n) is 8.21. The van der Waals surface area contributed by atoms with Gasteiger partial charge in [-0.2, -0.15) is 5.10 Å². The zero-order chi connectivity index (χ0) is 10.3. The van der Waals surface area contributed by atoms with Gasteiger partial charge in [0.2, 0.25) is 0 Å². The van der Waals surface area contributed by atoms with Gasteiger partial charge in [-0.25, -0.2) is 0 Å². The van der Waals surface area contributed by atoms with Crippen molar-refractivity contribution in [3.05, 3.63) is 35.4 Å². The summed E-state index contributed by atoms with van der Waals surface area (Å²) < 4.78 is 0. The molecule has 1 aromatic carbocycles. The van der Waals surface area contributed by atoms with Crippen LogP contribution in [0.15, 0.2) is 39.5 Å². The zero-order valence-corrected chi connectivity index (χ0v) is 9.03. The van der Waals surface area contributed by atoms with Crippen LogP contribution in [0.4, 0.5) is 0 Å². The molecule has 0 spiro atoms. The Kier molecular flexibility index (Phi) is 1.95. The number of nitrogens with zero attached hydrogens (tertiary/aromatic N) is 3. The van der Waals surface area contributed by atoms with Gasteiger partial charge in [0.05, 0.1) is 6.21 Å². The van der Waals surface area contributed by atoms with Gasteiger partial charge in [-0.1, -0.05) is 24.3 Å². The van der Waals surface area contributed by atoms with Crippen LogP contribution in [0.1, 0.15) is 11.1 Å². The lowest BCUT2D eigenvalue weighted by Crippen LogP contribution is -2.06. The summed E-state index contributed by atoms with van der Waals surface area (Å²) >= 11 is 1.62. The molecule has 0 aliphatic carbocycles. The van der Waals surface area contributed by atoms with E-state index in [4.69, 9.17) is 0 Å². The molecule has 74 valence electrons. The summed E-state index contributed by atoms with van der Waals surface area (Å²) in [4.78, 5) is 4.58. The predicted octanol–water partition coefficient (Wildman–Crippen LogP) is 2.25. The highest BCUT2D eigenvalue weighted by Crippen LogP contribution is 2.29. The van der Waals surface area contributed by atoms with E-state index in [0.717, 1.165) is 10.1 Å². The molecule has 2 aliphatic heterocycles. The van der Waals surface area contributed by atoms with E-state index in [9.17, 15) is 0 Å². The summed E-state index contributed by atoms with van der Waals surface area (Å²) in [6.07, 6.45) is 1.79. The largest absolute Gasteiger partial charge is 0.261 e. The third-order valence-electron chi connectivity index (χ3n) is 2.45. The van der Waals surface area contributed by atoms with Crippen molar-refractivity contribution in [2.45, 2.75) is 13.0 Å². The Morgan fingerprint density at radius 2 is 2.13 bits per heavy atom. The number of hydrogen-bond donors (Lipinski definition) is 0. The Morgan fingerprint density at radius 3 is 2.93 bits per heavy atom. The molecule has 15 heavy (non-hydrogen) atoms. The summed E-state index contributed by atoms with van der Waals surface area (Å²) in [6.45, 7) is 2.10. The highest BCUT2D eigenvalue weighted by atomic mass is 32.2. The Hall–Kier alpha value is -1.42. The highest BCUT2D eigenvalue weighted by Gasteiger charge is 2.28. The molecule has 0 saturated heterocycles. The molecular formula is C11H9N3S. The smallest absolute Gasteiger partial charge is 0.138 e. The quantitative estimate of drug-likeness (QED) is 0.708. The lowest BCUT2D eigenvalue weighted by atomic mass is 10.1. The Balaban J connectivity index is 2.01. The maximum Gasteiger partial charge on any atom is 0.138 e. The fourth-order valence-electron chi connectivity index (χ4n) is 1.63. The number of rotatable bonds is 1. The number of benzene rings is 1. The summed E-state index contributed by atoms with van der Waals surface area (Å²) in [7, 11) is 0. The first-order chi connectivity index (χ1) is 7.34. The van der Waals surface area contributed by atoms with E-state index in [-0.39, 0.29) is 6.04 Å². The molecule has 2 aliphatic rings. The lowest BCUT2D eigenvalue weighted by Gasteiger charge is -2.02. The van der Waals surface area contributed by atoms with Gasteiger partial charge < -0.3 is 0 Å². The first kappa shape index (κ1) is 8.85. The molecule has 0 amide bonds. The minimum Gasteiger partial charge on any atom is -0.261 e. The summed E-state index contributed by atoms with van der Waals surface area (Å²) in [6, 6.07) is 8.35. The van der Waals surface area contributed by atoms with Crippen molar-refractivity contribution < 1.29 is 0 Å². The fraction of sp³-hybridized carbons (Fsp3) is 0.182. The van der Waals surface area contributed by atoms with Crippen LogP contribution < -0.4 is 0 Å². The minimum absolute atomic E-state index is 0.0737. The SMILES string of the molecule is Cc1ccccc1C1=N[C@@H]2C=NN=C2S1. The first-order valence-electron chi connectivity index (χ1n) is 4.77. The number of thioether (sulfide) groups is 1. The predicted molar refractivity (Wildman–Crippen MR) is 65.0 cm³/mol. The second-order valence-corrected chi connectivity index (χ2v) is 4.51. The standard InChI is InChI=1S/C11H9N3S/c1-7-4-2-3-5-8(7)10-13-9-6-12-14-11(9)15-10/h2-6,9H,1H3/t9-/m1/s1. The van der Waals surface area contributed by atoms with Crippen LogP contribution in [0.2, 0.25) is 0 Å². The lowest BCUT2D eigenvalue weighted by molar-refractivity contribution is 1.22. The summed E-state index contributed by atoms with van der Waals surface area (Å²) in [5.41, 5.74) is 2.45. The molecule has 0 fully saturated rings. The third-order valence-corrected chi connectivity index (χ3v) is 3.50. The molecule has 0 bridgehead atoms.